The number of hydrogen-bond acceptors (Lipinski definition) is 5. The fraction of sp³-hybridized carbons (Fsp3) is 0.222. The molecule has 0 atom stereocenters. The Morgan fingerprint density at radius 1 is 1.03 bits per heavy atom. The number of nitrogens with zero attached hydrogens (tertiary/aromatic N) is 1. The smallest absolute Gasteiger partial charge is 0.417 e. The molecule has 0 radical (unpaired) electrons. The lowest BCUT2D eigenvalue weighted by molar-refractivity contribution is -0.138. The van der Waals surface area contributed by atoms with Crippen LogP contribution in [0.2, 0.25) is 0 Å². The maximum Gasteiger partial charge on any atom is 0.417 e. The number of rotatable bonds is 6. The normalized spacial score (nSPS) is 11.9. The van der Waals surface area contributed by atoms with Crippen LogP contribution in [0.1, 0.15) is 15.9 Å². The number of carbonyl (C=O) groups excluding carboxylic acids is 2. The van der Waals surface area contributed by atoms with E-state index in [1.165, 1.54) is 44.4 Å². The van der Waals surface area contributed by atoms with Crippen LogP contribution >= 0.6 is 0 Å². The molecule has 0 unspecified atom stereocenters. The summed E-state index contributed by atoms with van der Waals surface area (Å²) in [7, 11) is -0.888. The van der Waals surface area contributed by atoms with E-state index in [0.29, 0.717) is 0 Å². The molecule has 7 nitrogen and oxygen atoms in total. The Kier molecular flexibility index (Phi) is 6.65. The Hall–Kier alpha value is -2.92. The molecule has 2 aromatic carbocycles. The molecule has 156 valence electrons. The first-order chi connectivity index (χ1) is 13.4. The van der Waals surface area contributed by atoms with E-state index >= 15 is 0 Å². The molecule has 0 heterocycles. The van der Waals surface area contributed by atoms with Gasteiger partial charge in [0.1, 0.15) is 0 Å². The first-order valence-corrected chi connectivity index (χ1v) is 9.52. The highest BCUT2D eigenvalue weighted by Crippen LogP contribution is 2.32. The Bertz CT molecular complexity index is 1000. The molecule has 0 aliphatic rings. The molecular formula is C18H17F3N2O5S. The summed E-state index contributed by atoms with van der Waals surface area (Å²) >= 11 is 0. The molecule has 0 saturated heterocycles. The van der Waals surface area contributed by atoms with Crippen LogP contribution in [0.4, 0.5) is 18.9 Å². The molecule has 0 aliphatic carbocycles. The monoisotopic (exact) mass is 430 g/mol. The summed E-state index contributed by atoms with van der Waals surface area (Å²) in [6.45, 7) is -0.817. The van der Waals surface area contributed by atoms with Crippen molar-refractivity contribution in [3.63, 3.8) is 0 Å². The van der Waals surface area contributed by atoms with Gasteiger partial charge in [-0.1, -0.05) is 12.1 Å². The van der Waals surface area contributed by atoms with E-state index in [9.17, 15) is 31.2 Å². The van der Waals surface area contributed by atoms with Gasteiger partial charge in [-0.2, -0.15) is 13.2 Å². The van der Waals surface area contributed by atoms with E-state index in [2.05, 4.69) is 10.1 Å². The number of halogens is 3. The van der Waals surface area contributed by atoms with Crippen molar-refractivity contribution in [1.29, 1.82) is 0 Å². The Balaban J connectivity index is 2.00. The summed E-state index contributed by atoms with van der Waals surface area (Å²) < 4.78 is 68.4. The molecular weight excluding hydrogens is 413 g/mol. The number of alkyl halides is 3. The molecule has 0 bridgehead atoms. The van der Waals surface area contributed by atoms with Gasteiger partial charge in [0.25, 0.3) is 5.91 Å². The summed E-state index contributed by atoms with van der Waals surface area (Å²) in [5.41, 5.74) is -1.64. The first kappa shape index (κ1) is 22.4. The molecule has 2 aromatic rings. The highest BCUT2D eigenvalue weighted by Gasteiger charge is 2.35. The van der Waals surface area contributed by atoms with Crippen LogP contribution in [-0.2, 0) is 25.7 Å². The summed E-state index contributed by atoms with van der Waals surface area (Å²) in [4.78, 5) is 23.8. The SMILES string of the molecule is CN(C)S(=O)(=O)c1ccc(NC(=O)COC(=O)c2ccccc2C(F)(F)F)cc1. The van der Waals surface area contributed by atoms with Crippen molar-refractivity contribution in [2.75, 3.05) is 26.0 Å². The molecule has 0 aliphatic heterocycles. The van der Waals surface area contributed by atoms with Gasteiger partial charge in [0, 0.05) is 19.8 Å². The average molecular weight is 430 g/mol. The van der Waals surface area contributed by atoms with Gasteiger partial charge in [-0.15, -0.1) is 0 Å². The topological polar surface area (TPSA) is 92.8 Å². The van der Waals surface area contributed by atoms with Gasteiger partial charge in [0.15, 0.2) is 6.61 Å². The van der Waals surface area contributed by atoms with Crippen LogP contribution in [0.15, 0.2) is 53.4 Å². The van der Waals surface area contributed by atoms with E-state index in [-0.39, 0.29) is 10.6 Å². The van der Waals surface area contributed by atoms with Gasteiger partial charge in [-0.05, 0) is 36.4 Å². The molecule has 0 aromatic heterocycles. The number of amides is 1. The van der Waals surface area contributed by atoms with Crippen molar-refractivity contribution in [3.05, 3.63) is 59.7 Å². The molecule has 0 fully saturated rings. The second-order valence-corrected chi connectivity index (χ2v) is 8.13. The fourth-order valence-corrected chi connectivity index (χ4v) is 3.14. The Morgan fingerprint density at radius 2 is 1.62 bits per heavy atom. The quantitative estimate of drug-likeness (QED) is 0.712. The molecule has 1 amide bonds. The van der Waals surface area contributed by atoms with Crippen LogP contribution in [-0.4, -0.2) is 45.3 Å². The van der Waals surface area contributed by atoms with E-state index in [1.54, 1.807) is 0 Å². The van der Waals surface area contributed by atoms with Gasteiger partial charge in [-0.3, -0.25) is 4.79 Å². The summed E-state index contributed by atoms with van der Waals surface area (Å²) in [5, 5.41) is 2.35. The van der Waals surface area contributed by atoms with E-state index < -0.39 is 45.8 Å². The van der Waals surface area contributed by atoms with E-state index in [1.807, 2.05) is 0 Å². The lowest BCUT2D eigenvalue weighted by Gasteiger charge is -2.13. The van der Waals surface area contributed by atoms with E-state index in [0.717, 1.165) is 22.5 Å². The Morgan fingerprint density at radius 3 is 2.17 bits per heavy atom. The molecule has 11 heteroatoms. The maximum atomic E-state index is 12.9. The highest BCUT2D eigenvalue weighted by atomic mass is 32.2. The van der Waals surface area contributed by atoms with Crippen molar-refractivity contribution in [3.8, 4) is 0 Å². The minimum absolute atomic E-state index is 0.00989. The van der Waals surface area contributed by atoms with Gasteiger partial charge >= 0.3 is 12.1 Å². The van der Waals surface area contributed by atoms with Crippen molar-refractivity contribution in [2.45, 2.75) is 11.1 Å². The van der Waals surface area contributed by atoms with Crippen LogP contribution in [0, 0.1) is 0 Å². The predicted molar refractivity (Wildman–Crippen MR) is 97.7 cm³/mol. The maximum absolute atomic E-state index is 12.9. The molecule has 29 heavy (non-hydrogen) atoms. The van der Waals surface area contributed by atoms with E-state index in [4.69, 9.17) is 0 Å². The molecule has 0 spiro atoms. The zero-order valence-electron chi connectivity index (χ0n) is 15.4. The number of carbonyl (C=O) groups is 2. The number of nitrogens with one attached hydrogen (secondary N) is 1. The fourth-order valence-electron chi connectivity index (χ4n) is 2.24. The second-order valence-electron chi connectivity index (χ2n) is 5.98. The summed E-state index contributed by atoms with van der Waals surface area (Å²) in [6.07, 6.45) is -4.74. The first-order valence-electron chi connectivity index (χ1n) is 8.08. The highest BCUT2D eigenvalue weighted by molar-refractivity contribution is 7.89. The van der Waals surface area contributed by atoms with Gasteiger partial charge < -0.3 is 10.1 Å². The molecule has 2 rings (SSSR count). The lowest BCUT2D eigenvalue weighted by Crippen LogP contribution is -2.23. The third-order valence-corrected chi connectivity index (χ3v) is 5.53. The second kappa shape index (κ2) is 8.62. The zero-order chi connectivity index (χ0) is 21.8. The minimum atomic E-state index is -4.74. The number of anilines is 1. The van der Waals surface area contributed by atoms with Crippen LogP contribution in [0.5, 0.6) is 0 Å². The number of esters is 1. The standard InChI is InChI=1S/C18H17F3N2O5S/c1-23(2)29(26,27)13-9-7-12(8-10-13)22-16(24)11-28-17(25)14-5-3-4-6-15(14)18(19,20)21/h3-10H,11H2,1-2H3,(H,22,24). The van der Waals surface area contributed by atoms with Crippen molar-refractivity contribution in [1.82, 2.24) is 4.31 Å². The predicted octanol–water partition coefficient (Wildman–Crippen LogP) is 2.75. The van der Waals surface area contributed by atoms with Crippen molar-refractivity contribution >= 4 is 27.6 Å². The molecule has 0 saturated carbocycles. The zero-order valence-corrected chi connectivity index (χ0v) is 16.2. The molecule has 1 N–H and O–H groups in total. The largest absolute Gasteiger partial charge is 0.452 e. The summed E-state index contributed by atoms with van der Waals surface area (Å²) in [5.74, 6) is -2.09. The van der Waals surface area contributed by atoms with Gasteiger partial charge in [0.05, 0.1) is 16.0 Å². The Labute approximate surface area is 165 Å². The van der Waals surface area contributed by atoms with Crippen molar-refractivity contribution < 1.29 is 35.9 Å². The van der Waals surface area contributed by atoms with Crippen LogP contribution < -0.4 is 5.32 Å². The number of ether oxygens (including phenoxy) is 1. The van der Waals surface area contributed by atoms with Crippen molar-refractivity contribution in [2.24, 2.45) is 0 Å². The van der Waals surface area contributed by atoms with Gasteiger partial charge in [-0.25, -0.2) is 17.5 Å². The average Bonchev–Trinajstić information content (AvgIpc) is 2.65. The van der Waals surface area contributed by atoms with Gasteiger partial charge in [0.2, 0.25) is 10.0 Å². The summed E-state index contributed by atoms with van der Waals surface area (Å²) in [6, 6.07) is 9.27. The minimum Gasteiger partial charge on any atom is -0.452 e. The number of benzene rings is 2. The third kappa shape index (κ3) is 5.55. The van der Waals surface area contributed by atoms with Crippen LogP contribution in [0.3, 0.4) is 0 Å². The lowest BCUT2D eigenvalue weighted by atomic mass is 10.1. The van der Waals surface area contributed by atoms with Crippen LogP contribution in [0.25, 0.3) is 0 Å². The number of sulfonamides is 1. The number of hydrogen-bond donors (Lipinski definition) is 1. The third-order valence-electron chi connectivity index (χ3n) is 3.70.